The molecule has 4 atom stereocenters. The smallest absolute Gasteiger partial charge is 0.258 e. The van der Waals surface area contributed by atoms with Crippen molar-refractivity contribution in [2.45, 2.75) is 83.2 Å². The molecule has 2 aliphatic heterocycles. The number of piperazine rings is 1. The molecular formula is C29H33F5N8O. The fraction of sp³-hybridized carbons (Fsp3) is 0.586. The zero-order valence-electron chi connectivity index (χ0n) is 24.2. The summed E-state index contributed by atoms with van der Waals surface area (Å²) in [5.74, 6) is -5.73. The van der Waals surface area contributed by atoms with Crippen molar-refractivity contribution < 1.29 is 26.7 Å². The Bertz CT molecular complexity index is 1650. The molecule has 2 unspecified atom stereocenters. The second-order valence-corrected chi connectivity index (χ2v) is 12.3. The van der Waals surface area contributed by atoms with E-state index in [-0.39, 0.29) is 23.8 Å². The van der Waals surface area contributed by atoms with E-state index in [9.17, 15) is 22.0 Å². The first-order chi connectivity index (χ1) is 20.5. The highest BCUT2D eigenvalue weighted by atomic mass is 19.3. The number of nitrogens with zero attached hydrogens (tertiary/aromatic N) is 8. The standard InChI is InChI=1S/C29H33F5N8O/c1-15-12-40(16(2)11-39(15)25(19-9-29(33,34)10-19)18-7-21(30)23(32)22(31)8-18)26-24-27(42-14-35-38-28(42)37-26)41(17(3)36-24)13-20-5-4-6-43-20/h7-8,14-16,19-20,25H,4-6,9-13H2,1-3H3/t15-,16+,20?,25?/m1/s1. The molecule has 3 aliphatic rings. The summed E-state index contributed by atoms with van der Waals surface area (Å²) in [5, 5.41) is 8.32. The maximum Gasteiger partial charge on any atom is 0.258 e. The van der Waals surface area contributed by atoms with Crippen LogP contribution in [0.15, 0.2) is 18.5 Å². The van der Waals surface area contributed by atoms with Gasteiger partial charge in [-0.1, -0.05) is 0 Å². The van der Waals surface area contributed by atoms with E-state index < -0.39 is 48.2 Å². The number of aromatic nitrogens is 6. The van der Waals surface area contributed by atoms with Crippen molar-refractivity contribution in [3.8, 4) is 0 Å². The average Bonchev–Trinajstić information content (AvgIpc) is 3.69. The topological polar surface area (TPSA) is 76.6 Å². The van der Waals surface area contributed by atoms with Crippen LogP contribution in [-0.4, -0.2) is 77.8 Å². The lowest BCUT2D eigenvalue weighted by molar-refractivity contribution is -0.137. The summed E-state index contributed by atoms with van der Waals surface area (Å²) in [6.45, 7) is 8.10. The molecule has 0 bridgehead atoms. The summed E-state index contributed by atoms with van der Waals surface area (Å²) in [6, 6.07) is 0.768. The van der Waals surface area contributed by atoms with E-state index in [4.69, 9.17) is 14.7 Å². The molecule has 1 aliphatic carbocycles. The van der Waals surface area contributed by atoms with E-state index in [0.717, 1.165) is 43.1 Å². The number of hydrogen-bond acceptors (Lipinski definition) is 7. The van der Waals surface area contributed by atoms with E-state index in [1.54, 1.807) is 6.33 Å². The van der Waals surface area contributed by atoms with E-state index >= 15 is 0 Å². The minimum Gasteiger partial charge on any atom is -0.376 e. The Morgan fingerprint density at radius 1 is 1.05 bits per heavy atom. The van der Waals surface area contributed by atoms with Gasteiger partial charge in [0.25, 0.3) is 5.78 Å². The fourth-order valence-electron chi connectivity index (χ4n) is 7.21. The number of ether oxygens (including phenoxy) is 1. The largest absolute Gasteiger partial charge is 0.376 e. The number of fused-ring (bicyclic) bond motifs is 3. The van der Waals surface area contributed by atoms with Crippen molar-refractivity contribution in [1.82, 2.24) is 34.0 Å². The molecule has 2 saturated heterocycles. The van der Waals surface area contributed by atoms with Crippen molar-refractivity contribution in [1.29, 1.82) is 0 Å². The predicted molar refractivity (Wildman–Crippen MR) is 147 cm³/mol. The Morgan fingerprint density at radius 2 is 1.79 bits per heavy atom. The highest BCUT2D eigenvalue weighted by Crippen LogP contribution is 2.51. The van der Waals surface area contributed by atoms with Crippen molar-refractivity contribution in [3.05, 3.63) is 47.3 Å². The SMILES string of the molecule is Cc1nc2c(N3C[C@@H](C)N(C(c4cc(F)c(F)c(F)c4)C4CC(F)(F)C4)C[C@@H]3C)nc3nncn3c2n1CC1CCCO1. The van der Waals surface area contributed by atoms with Crippen LogP contribution in [0.2, 0.25) is 0 Å². The molecule has 9 nitrogen and oxygen atoms in total. The summed E-state index contributed by atoms with van der Waals surface area (Å²) < 4.78 is 80.5. The van der Waals surface area contributed by atoms with Gasteiger partial charge in [0.05, 0.1) is 12.6 Å². The van der Waals surface area contributed by atoms with Gasteiger partial charge < -0.3 is 14.2 Å². The third-order valence-corrected chi connectivity index (χ3v) is 9.30. The number of alkyl halides is 2. The molecule has 0 radical (unpaired) electrons. The third-order valence-electron chi connectivity index (χ3n) is 9.30. The van der Waals surface area contributed by atoms with Crippen LogP contribution in [0.1, 0.15) is 57.0 Å². The molecule has 4 aromatic rings. The van der Waals surface area contributed by atoms with Crippen LogP contribution < -0.4 is 4.90 Å². The van der Waals surface area contributed by atoms with Gasteiger partial charge >= 0.3 is 0 Å². The summed E-state index contributed by atoms with van der Waals surface area (Å²) in [7, 11) is 0. The monoisotopic (exact) mass is 604 g/mol. The number of anilines is 1. The molecular weight excluding hydrogens is 571 g/mol. The Labute approximate surface area is 244 Å². The molecule has 43 heavy (non-hydrogen) atoms. The van der Waals surface area contributed by atoms with E-state index in [0.29, 0.717) is 36.7 Å². The van der Waals surface area contributed by atoms with Crippen LogP contribution in [0, 0.1) is 30.3 Å². The zero-order valence-corrected chi connectivity index (χ0v) is 24.2. The number of imidazole rings is 1. The van der Waals surface area contributed by atoms with Gasteiger partial charge in [0.15, 0.2) is 28.9 Å². The van der Waals surface area contributed by atoms with Crippen LogP contribution >= 0.6 is 0 Å². The first-order valence-electron chi connectivity index (χ1n) is 14.7. The van der Waals surface area contributed by atoms with Gasteiger partial charge in [-0.15, -0.1) is 10.2 Å². The van der Waals surface area contributed by atoms with E-state index in [1.807, 2.05) is 30.1 Å². The minimum atomic E-state index is -2.83. The third kappa shape index (κ3) is 4.82. The highest BCUT2D eigenvalue weighted by molar-refractivity contribution is 5.87. The lowest BCUT2D eigenvalue weighted by atomic mass is 9.73. The number of aryl methyl sites for hydroxylation is 1. The number of hydrogen-bond donors (Lipinski definition) is 0. The van der Waals surface area contributed by atoms with E-state index in [2.05, 4.69) is 19.7 Å². The second kappa shape index (κ2) is 10.4. The Kier molecular flexibility index (Phi) is 6.84. The Morgan fingerprint density at radius 3 is 2.47 bits per heavy atom. The van der Waals surface area contributed by atoms with Gasteiger partial charge in [-0.05, 0) is 57.2 Å². The van der Waals surface area contributed by atoms with Gasteiger partial charge in [-0.25, -0.2) is 31.3 Å². The van der Waals surface area contributed by atoms with Gasteiger partial charge in [-0.3, -0.25) is 4.90 Å². The molecule has 5 heterocycles. The van der Waals surface area contributed by atoms with Crippen molar-refractivity contribution >= 4 is 22.8 Å². The molecule has 0 amide bonds. The maximum absolute atomic E-state index is 14.3. The Hall–Kier alpha value is -3.39. The lowest BCUT2D eigenvalue weighted by Gasteiger charge is -2.52. The summed E-state index contributed by atoms with van der Waals surface area (Å²) >= 11 is 0. The minimum absolute atomic E-state index is 0.0821. The zero-order chi connectivity index (χ0) is 30.2. The first kappa shape index (κ1) is 28.4. The molecule has 1 saturated carbocycles. The molecule has 3 fully saturated rings. The summed E-state index contributed by atoms with van der Waals surface area (Å²) in [4.78, 5) is 13.9. The number of halogens is 5. The average molecular weight is 605 g/mol. The molecule has 3 aromatic heterocycles. The van der Waals surface area contributed by atoms with Crippen LogP contribution in [-0.2, 0) is 11.3 Å². The lowest BCUT2D eigenvalue weighted by Crippen LogP contribution is -2.59. The molecule has 1 aromatic carbocycles. The van der Waals surface area contributed by atoms with Gasteiger partial charge in [0.1, 0.15) is 17.7 Å². The van der Waals surface area contributed by atoms with Gasteiger partial charge in [0, 0.05) is 50.7 Å². The van der Waals surface area contributed by atoms with Crippen LogP contribution in [0.5, 0.6) is 0 Å². The normalized spacial score (nSPS) is 25.6. The number of rotatable bonds is 6. The second-order valence-electron chi connectivity index (χ2n) is 12.3. The summed E-state index contributed by atoms with van der Waals surface area (Å²) in [6.07, 6.45) is 2.89. The molecule has 230 valence electrons. The van der Waals surface area contributed by atoms with Crippen molar-refractivity contribution in [2.75, 3.05) is 24.6 Å². The summed E-state index contributed by atoms with van der Waals surface area (Å²) in [5.41, 5.74) is 1.67. The number of benzene rings is 1. The van der Waals surface area contributed by atoms with Gasteiger partial charge in [0.2, 0.25) is 5.92 Å². The molecule has 0 N–H and O–H groups in total. The van der Waals surface area contributed by atoms with Crippen LogP contribution in [0.3, 0.4) is 0 Å². The molecule has 14 heteroatoms. The van der Waals surface area contributed by atoms with Crippen LogP contribution in [0.25, 0.3) is 16.9 Å². The van der Waals surface area contributed by atoms with E-state index in [1.165, 1.54) is 0 Å². The van der Waals surface area contributed by atoms with Crippen molar-refractivity contribution in [3.63, 3.8) is 0 Å². The molecule has 0 spiro atoms. The Balaban J connectivity index is 1.25. The highest BCUT2D eigenvalue weighted by Gasteiger charge is 2.52. The fourth-order valence-corrected chi connectivity index (χ4v) is 7.21. The predicted octanol–water partition coefficient (Wildman–Crippen LogP) is 5.06. The molecule has 7 rings (SSSR count). The van der Waals surface area contributed by atoms with Crippen LogP contribution in [0.4, 0.5) is 27.8 Å². The maximum atomic E-state index is 14.3. The van der Waals surface area contributed by atoms with Crippen molar-refractivity contribution in [2.24, 2.45) is 5.92 Å². The first-order valence-corrected chi connectivity index (χ1v) is 14.7. The quantitative estimate of drug-likeness (QED) is 0.225. The van der Waals surface area contributed by atoms with Gasteiger partial charge in [-0.2, -0.15) is 4.98 Å².